The monoisotopic (exact) mass is 720 g/mol. The Balaban J connectivity index is 1.09. The second-order valence-corrected chi connectivity index (χ2v) is 15.2. The van der Waals surface area contributed by atoms with Crippen molar-refractivity contribution in [3.63, 3.8) is 0 Å². The largest absolute Gasteiger partial charge is 0.309 e. The molecule has 0 aliphatic carbocycles. The number of hydrogen-bond donors (Lipinski definition) is 0. The Hall–Kier alpha value is -7.73. The van der Waals surface area contributed by atoms with Crippen LogP contribution in [0.25, 0.3) is 115 Å². The van der Waals surface area contributed by atoms with Crippen molar-refractivity contribution in [1.82, 2.24) is 4.57 Å². The first kappa shape index (κ1) is 31.6. The highest BCUT2D eigenvalue weighted by Gasteiger charge is 2.20. The van der Waals surface area contributed by atoms with Crippen LogP contribution in [-0.2, 0) is 0 Å². The van der Waals surface area contributed by atoms with Crippen LogP contribution in [0.4, 0.5) is 0 Å². The Labute approximate surface area is 329 Å². The molecule has 0 aliphatic rings. The number of para-hydroxylation sites is 1. The van der Waals surface area contributed by atoms with Crippen LogP contribution in [0.1, 0.15) is 5.56 Å². The lowest BCUT2D eigenvalue weighted by molar-refractivity contribution is 1.18. The van der Waals surface area contributed by atoms with Crippen molar-refractivity contribution in [2.24, 2.45) is 0 Å². The van der Waals surface area contributed by atoms with E-state index in [1.165, 1.54) is 81.5 Å². The van der Waals surface area contributed by atoms with Gasteiger partial charge in [0, 0.05) is 16.5 Å². The van der Waals surface area contributed by atoms with Gasteiger partial charge in [0.1, 0.15) is 0 Å². The molecule has 0 saturated heterocycles. The molecule has 57 heavy (non-hydrogen) atoms. The van der Waals surface area contributed by atoms with Crippen LogP contribution in [0.15, 0.2) is 194 Å². The van der Waals surface area contributed by atoms with E-state index in [2.05, 4.69) is 193 Å². The summed E-state index contributed by atoms with van der Waals surface area (Å²) in [6, 6.07) is 73.0. The summed E-state index contributed by atoms with van der Waals surface area (Å²) < 4.78 is 2.33. The van der Waals surface area contributed by atoms with Gasteiger partial charge in [0.25, 0.3) is 0 Å². The number of nitrogens with zero attached hydrogens (tertiary/aromatic N) is 2. The smallest absolute Gasteiger partial charge is 0.0992 e. The summed E-state index contributed by atoms with van der Waals surface area (Å²) in [4.78, 5) is 0. The first-order chi connectivity index (χ1) is 28.2. The second-order valence-electron chi connectivity index (χ2n) is 15.2. The molecule has 0 N–H and O–H groups in total. The number of hydrogen-bond acceptors (Lipinski definition) is 1. The molecule has 0 saturated carbocycles. The van der Waals surface area contributed by atoms with Gasteiger partial charge in [-0.25, -0.2) is 0 Å². The summed E-state index contributed by atoms with van der Waals surface area (Å²) in [7, 11) is 0. The third-order valence-electron chi connectivity index (χ3n) is 12.1. The van der Waals surface area contributed by atoms with E-state index < -0.39 is 0 Å². The van der Waals surface area contributed by atoms with Gasteiger partial charge in [-0.1, -0.05) is 140 Å². The molecule has 11 aromatic carbocycles. The van der Waals surface area contributed by atoms with Crippen LogP contribution in [-0.4, -0.2) is 4.57 Å². The van der Waals surface area contributed by atoms with Gasteiger partial charge in [0.15, 0.2) is 0 Å². The first-order valence-corrected chi connectivity index (χ1v) is 19.5. The maximum absolute atomic E-state index is 9.97. The molecule has 0 atom stereocenters. The van der Waals surface area contributed by atoms with Crippen molar-refractivity contribution in [2.45, 2.75) is 0 Å². The van der Waals surface area contributed by atoms with Gasteiger partial charge in [-0.05, 0) is 142 Å². The van der Waals surface area contributed by atoms with Crippen LogP contribution >= 0.6 is 0 Å². The highest BCUT2D eigenvalue weighted by Crippen LogP contribution is 2.45. The fraction of sp³-hybridized carbons (Fsp3) is 0. The number of fused-ring (bicyclic) bond motifs is 6. The molecule has 0 aliphatic heterocycles. The molecule has 0 fully saturated rings. The summed E-state index contributed by atoms with van der Waals surface area (Å²) in [5.41, 5.74) is 11.2. The van der Waals surface area contributed by atoms with E-state index in [0.29, 0.717) is 5.56 Å². The van der Waals surface area contributed by atoms with Crippen molar-refractivity contribution in [2.75, 3.05) is 0 Å². The molecule has 0 amide bonds. The van der Waals surface area contributed by atoms with E-state index in [9.17, 15) is 5.26 Å². The quantitative estimate of drug-likeness (QED) is 0.166. The highest BCUT2D eigenvalue weighted by atomic mass is 15.0. The zero-order valence-corrected chi connectivity index (χ0v) is 30.9. The van der Waals surface area contributed by atoms with Gasteiger partial charge < -0.3 is 4.57 Å². The van der Waals surface area contributed by atoms with Crippen molar-refractivity contribution in [1.29, 1.82) is 5.26 Å². The number of aromatic nitrogens is 1. The lowest BCUT2D eigenvalue weighted by Crippen LogP contribution is -1.94. The Morgan fingerprint density at radius 3 is 1.67 bits per heavy atom. The summed E-state index contributed by atoms with van der Waals surface area (Å²) in [5, 5.41) is 24.7. The molecule has 0 bridgehead atoms. The van der Waals surface area contributed by atoms with Crippen molar-refractivity contribution >= 4 is 75.7 Å². The molecular formula is C55H32N2. The van der Waals surface area contributed by atoms with Gasteiger partial charge in [-0.3, -0.25) is 0 Å². The predicted octanol–water partition coefficient (Wildman–Crippen LogP) is 14.9. The van der Waals surface area contributed by atoms with Gasteiger partial charge in [-0.2, -0.15) is 5.26 Å². The summed E-state index contributed by atoms with van der Waals surface area (Å²) >= 11 is 0. The summed E-state index contributed by atoms with van der Waals surface area (Å²) in [5.74, 6) is 0. The molecule has 0 spiro atoms. The van der Waals surface area contributed by atoms with Crippen LogP contribution < -0.4 is 0 Å². The highest BCUT2D eigenvalue weighted by molar-refractivity contribution is 6.26. The summed E-state index contributed by atoms with van der Waals surface area (Å²) in [6.07, 6.45) is 0. The zero-order chi connectivity index (χ0) is 37.6. The Bertz CT molecular complexity index is 3630. The molecule has 0 radical (unpaired) electrons. The zero-order valence-electron chi connectivity index (χ0n) is 30.9. The Morgan fingerprint density at radius 1 is 0.333 bits per heavy atom. The number of benzene rings is 11. The minimum Gasteiger partial charge on any atom is -0.309 e. The Morgan fingerprint density at radius 2 is 0.912 bits per heavy atom. The van der Waals surface area contributed by atoms with E-state index in [1.807, 2.05) is 12.1 Å². The fourth-order valence-corrected chi connectivity index (χ4v) is 9.59. The van der Waals surface area contributed by atoms with E-state index in [-0.39, 0.29) is 0 Å². The second kappa shape index (κ2) is 12.1. The molecule has 2 heteroatoms. The lowest BCUT2D eigenvalue weighted by Gasteiger charge is -2.17. The molecule has 0 unspecified atom stereocenters. The van der Waals surface area contributed by atoms with Crippen LogP contribution in [0, 0.1) is 11.3 Å². The standard InChI is InChI=1S/C55H32N2/c56-33-34-26-38-24-25-39-29-40(30-53-55(39)54(38)52(27-34)57(53)41-16-2-1-3-17-41)36-14-10-15-37(28-36)48-31-50-47-22-9-8-21-46(47)49(32-51(50)45-20-7-6-19-44(45)48)43-23-11-13-35-12-4-5-18-42(35)43/h1-32H. The lowest BCUT2D eigenvalue weighted by atomic mass is 9.86. The normalized spacial score (nSPS) is 11.8. The van der Waals surface area contributed by atoms with E-state index >= 15 is 0 Å². The summed E-state index contributed by atoms with van der Waals surface area (Å²) in [6.45, 7) is 0. The molecule has 1 aromatic heterocycles. The first-order valence-electron chi connectivity index (χ1n) is 19.5. The topological polar surface area (TPSA) is 28.7 Å². The van der Waals surface area contributed by atoms with Crippen molar-refractivity contribution in [3.8, 4) is 45.1 Å². The molecule has 2 nitrogen and oxygen atoms in total. The predicted molar refractivity (Wildman–Crippen MR) is 241 cm³/mol. The molecule has 1 heterocycles. The van der Waals surface area contributed by atoms with Gasteiger partial charge in [0.2, 0.25) is 0 Å². The Kier molecular flexibility index (Phi) is 6.73. The van der Waals surface area contributed by atoms with Crippen LogP contribution in [0.2, 0.25) is 0 Å². The molecular weight excluding hydrogens is 689 g/mol. The third kappa shape index (κ3) is 4.70. The van der Waals surface area contributed by atoms with E-state index in [4.69, 9.17) is 0 Å². The van der Waals surface area contributed by atoms with Gasteiger partial charge in [-0.15, -0.1) is 0 Å². The van der Waals surface area contributed by atoms with Crippen LogP contribution in [0.3, 0.4) is 0 Å². The maximum atomic E-state index is 9.97. The SMILES string of the molecule is N#Cc1cc2ccc3cc(-c4cccc(-c5cc6c7ccccc7c(-c7cccc8ccccc78)cc6c6ccccc56)c4)cc4c3c2c(c1)n4-c1ccccc1. The minimum atomic E-state index is 0.665. The minimum absolute atomic E-state index is 0.665. The van der Waals surface area contributed by atoms with Gasteiger partial charge >= 0.3 is 0 Å². The molecule has 12 rings (SSSR count). The molecule has 262 valence electrons. The van der Waals surface area contributed by atoms with Crippen LogP contribution in [0.5, 0.6) is 0 Å². The van der Waals surface area contributed by atoms with E-state index in [1.54, 1.807) is 0 Å². The van der Waals surface area contributed by atoms with Gasteiger partial charge in [0.05, 0.1) is 22.7 Å². The fourth-order valence-electron chi connectivity index (χ4n) is 9.59. The number of nitriles is 1. The maximum Gasteiger partial charge on any atom is 0.0992 e. The average Bonchev–Trinajstić information content (AvgIpc) is 3.62. The van der Waals surface area contributed by atoms with Crippen molar-refractivity contribution in [3.05, 3.63) is 200 Å². The van der Waals surface area contributed by atoms with E-state index in [0.717, 1.165) is 33.2 Å². The molecule has 12 aromatic rings. The van der Waals surface area contributed by atoms with Crippen molar-refractivity contribution < 1.29 is 0 Å². The average molecular weight is 721 g/mol. The third-order valence-corrected chi connectivity index (χ3v) is 12.1. The number of rotatable bonds is 4.